The fourth-order valence-corrected chi connectivity index (χ4v) is 3.81. The summed E-state index contributed by atoms with van der Waals surface area (Å²) in [7, 11) is -3.14. The molecule has 7 nitrogen and oxygen atoms in total. The molecule has 0 aromatic heterocycles. The normalized spacial score (nSPS) is 18.3. The summed E-state index contributed by atoms with van der Waals surface area (Å²) in [5, 5.41) is 2.81. The van der Waals surface area contributed by atoms with E-state index in [1.165, 1.54) is 28.6 Å². The molecule has 11 heteroatoms. The van der Waals surface area contributed by atoms with Crippen LogP contribution in [0.2, 0.25) is 0 Å². The van der Waals surface area contributed by atoms with Crippen LogP contribution in [-0.4, -0.2) is 50.4 Å². The van der Waals surface area contributed by atoms with E-state index in [0.29, 0.717) is 31.6 Å². The van der Waals surface area contributed by atoms with Crippen molar-refractivity contribution in [1.82, 2.24) is 9.62 Å². The molecule has 0 unspecified atom stereocenters. The van der Waals surface area contributed by atoms with Gasteiger partial charge in [0.05, 0.1) is 12.3 Å². The minimum Gasteiger partial charge on any atom is -0.406 e. The first-order chi connectivity index (χ1) is 11.7. The van der Waals surface area contributed by atoms with E-state index >= 15 is 0 Å². The number of rotatable bonds is 6. The third-order valence-corrected chi connectivity index (χ3v) is 5.42. The number of benzene rings is 1. The highest BCUT2D eigenvalue weighted by atomic mass is 32.2. The van der Waals surface area contributed by atoms with Crippen LogP contribution in [0.1, 0.15) is 12.0 Å². The zero-order valence-corrected chi connectivity index (χ0v) is 14.1. The monoisotopic (exact) mass is 380 g/mol. The molecule has 25 heavy (non-hydrogen) atoms. The molecule has 0 saturated carbocycles. The second kappa shape index (κ2) is 7.91. The summed E-state index contributed by atoms with van der Waals surface area (Å²) in [6.45, 7) is 1.31. The molecule has 1 aliphatic heterocycles. The first-order valence-corrected chi connectivity index (χ1v) is 9.13. The number of alkyl halides is 3. The summed E-state index contributed by atoms with van der Waals surface area (Å²) >= 11 is 0. The van der Waals surface area contributed by atoms with E-state index in [1.807, 2.05) is 0 Å². The van der Waals surface area contributed by atoms with Gasteiger partial charge in [-0.25, -0.2) is 17.7 Å². The fraction of sp³-hybridized carbons (Fsp3) is 0.500. The van der Waals surface area contributed by atoms with Gasteiger partial charge in [-0.15, -0.1) is 13.2 Å². The lowest BCUT2D eigenvalue weighted by atomic mass is 10.2. The van der Waals surface area contributed by atoms with Crippen LogP contribution in [0, 0.1) is 0 Å². The van der Waals surface area contributed by atoms with E-state index in [1.54, 1.807) is 0 Å². The first-order valence-electron chi connectivity index (χ1n) is 7.52. The molecule has 1 fully saturated rings. The van der Waals surface area contributed by atoms with Crippen LogP contribution < -0.4 is 15.8 Å². The van der Waals surface area contributed by atoms with Gasteiger partial charge in [-0.05, 0) is 24.1 Å². The molecule has 0 bridgehead atoms. The summed E-state index contributed by atoms with van der Waals surface area (Å²) in [5.74, 6) is -0.00434. The van der Waals surface area contributed by atoms with Gasteiger partial charge in [0.1, 0.15) is 5.75 Å². The highest BCUT2D eigenvalue weighted by Gasteiger charge is 2.31. The topological polar surface area (TPSA) is 97.0 Å². The van der Waals surface area contributed by atoms with Gasteiger partial charge < -0.3 is 15.8 Å². The Morgan fingerprint density at radius 1 is 1.32 bits per heavy atom. The number of nitrogens with two attached hydrogens (primary N) is 1. The molecule has 0 aliphatic carbocycles. The van der Waals surface area contributed by atoms with Gasteiger partial charge >= 0.3 is 6.36 Å². The number of ether oxygens (including phenoxy) is 1. The molecule has 0 atom stereocenters. The van der Waals surface area contributed by atoms with Crippen molar-refractivity contribution in [3.05, 3.63) is 29.8 Å². The van der Waals surface area contributed by atoms with Crippen molar-refractivity contribution in [2.45, 2.75) is 19.3 Å². The number of nitrogens with zero attached hydrogens (tertiary/aromatic N) is 2. The van der Waals surface area contributed by atoms with Gasteiger partial charge in [0.2, 0.25) is 10.0 Å². The molecule has 0 spiro atoms. The summed E-state index contributed by atoms with van der Waals surface area (Å²) in [5.41, 5.74) is 6.34. The van der Waals surface area contributed by atoms with Crippen molar-refractivity contribution in [2.24, 2.45) is 10.7 Å². The van der Waals surface area contributed by atoms with E-state index in [2.05, 4.69) is 15.0 Å². The number of nitrogens with one attached hydrogen (secondary N) is 1. The average Bonchev–Trinajstić information content (AvgIpc) is 2.84. The van der Waals surface area contributed by atoms with Crippen LogP contribution in [0.4, 0.5) is 13.2 Å². The van der Waals surface area contributed by atoms with E-state index in [0.717, 1.165) is 0 Å². The summed E-state index contributed by atoms with van der Waals surface area (Å²) in [4.78, 5) is 4.05. The van der Waals surface area contributed by atoms with Crippen LogP contribution in [0.3, 0.4) is 0 Å². The molecule has 0 radical (unpaired) electrons. The van der Waals surface area contributed by atoms with Crippen molar-refractivity contribution in [3.8, 4) is 5.75 Å². The Labute approximate surface area is 143 Å². The van der Waals surface area contributed by atoms with Crippen LogP contribution in [0.15, 0.2) is 29.3 Å². The Kier molecular flexibility index (Phi) is 6.11. The Bertz CT molecular complexity index is 705. The fourth-order valence-electron chi connectivity index (χ4n) is 2.28. The zero-order chi connectivity index (χ0) is 18.5. The number of aliphatic imine (C=N–C) groups is 1. The third-order valence-electron chi connectivity index (χ3n) is 3.46. The van der Waals surface area contributed by atoms with E-state index in [-0.39, 0.29) is 24.0 Å². The molecule has 140 valence electrons. The van der Waals surface area contributed by atoms with Crippen molar-refractivity contribution in [1.29, 1.82) is 0 Å². The van der Waals surface area contributed by atoms with Gasteiger partial charge in [-0.3, -0.25) is 0 Å². The number of sulfonamides is 1. The molecule has 1 saturated heterocycles. The minimum atomic E-state index is -4.73. The van der Waals surface area contributed by atoms with Crippen LogP contribution in [0.25, 0.3) is 0 Å². The predicted molar refractivity (Wildman–Crippen MR) is 86.4 cm³/mol. The number of halogens is 3. The van der Waals surface area contributed by atoms with Gasteiger partial charge in [-0.2, -0.15) is 0 Å². The predicted octanol–water partition coefficient (Wildman–Crippen LogP) is 1.02. The Morgan fingerprint density at radius 3 is 2.56 bits per heavy atom. The smallest absolute Gasteiger partial charge is 0.406 e. The number of hydrogen-bond acceptors (Lipinski definition) is 4. The van der Waals surface area contributed by atoms with Gasteiger partial charge in [0.25, 0.3) is 0 Å². The van der Waals surface area contributed by atoms with Crippen LogP contribution in [0.5, 0.6) is 5.75 Å². The number of guanidine groups is 1. The third kappa shape index (κ3) is 6.42. The van der Waals surface area contributed by atoms with Gasteiger partial charge in [-0.1, -0.05) is 12.1 Å². The van der Waals surface area contributed by atoms with E-state index in [9.17, 15) is 21.6 Å². The van der Waals surface area contributed by atoms with E-state index < -0.39 is 16.4 Å². The Morgan fingerprint density at radius 2 is 2.00 bits per heavy atom. The van der Waals surface area contributed by atoms with Crippen molar-refractivity contribution in [3.63, 3.8) is 0 Å². The van der Waals surface area contributed by atoms with E-state index in [4.69, 9.17) is 5.73 Å². The maximum atomic E-state index is 12.1. The quantitative estimate of drug-likeness (QED) is 0.567. The summed E-state index contributed by atoms with van der Waals surface area (Å²) in [6, 6.07) is 5.30. The molecule has 3 N–H and O–H groups in total. The van der Waals surface area contributed by atoms with Crippen LogP contribution >= 0.6 is 0 Å². The maximum absolute atomic E-state index is 12.1. The molecular formula is C14H19F3N4O3S. The first kappa shape index (κ1) is 19.3. The molecular weight excluding hydrogens is 361 g/mol. The lowest BCUT2D eigenvalue weighted by Crippen LogP contribution is -2.39. The van der Waals surface area contributed by atoms with Crippen molar-refractivity contribution >= 4 is 16.0 Å². The van der Waals surface area contributed by atoms with Crippen LogP contribution in [-0.2, 0) is 16.6 Å². The average molecular weight is 380 g/mol. The van der Waals surface area contributed by atoms with Crippen molar-refractivity contribution < 1.29 is 26.3 Å². The second-order valence-electron chi connectivity index (χ2n) is 5.39. The SMILES string of the molecule is NC(=NCc1ccc(OC(F)(F)F)cc1)NCCN1CCCS1(=O)=O. The molecule has 1 aromatic rings. The molecule has 1 heterocycles. The Hall–Kier alpha value is -2.01. The molecule has 1 aromatic carbocycles. The Balaban J connectivity index is 1.77. The summed E-state index contributed by atoms with van der Waals surface area (Å²) in [6.07, 6.45) is -4.10. The highest BCUT2D eigenvalue weighted by molar-refractivity contribution is 7.89. The van der Waals surface area contributed by atoms with Gasteiger partial charge in [0.15, 0.2) is 5.96 Å². The van der Waals surface area contributed by atoms with Gasteiger partial charge in [0, 0.05) is 19.6 Å². The number of hydrogen-bond donors (Lipinski definition) is 2. The maximum Gasteiger partial charge on any atom is 0.573 e. The standard InChI is InChI=1S/C14H19F3N4O3S/c15-14(16,17)24-12-4-2-11(3-5-12)10-20-13(18)19-6-8-21-7-1-9-25(21,22)23/h2-5H,1,6-10H2,(H3,18,19,20). The largest absolute Gasteiger partial charge is 0.573 e. The molecule has 0 amide bonds. The van der Waals surface area contributed by atoms with Crippen molar-refractivity contribution in [2.75, 3.05) is 25.4 Å². The summed E-state index contributed by atoms with van der Waals surface area (Å²) < 4.78 is 64.6. The second-order valence-corrected chi connectivity index (χ2v) is 7.48. The lowest BCUT2D eigenvalue weighted by Gasteiger charge is -2.14. The highest BCUT2D eigenvalue weighted by Crippen LogP contribution is 2.22. The minimum absolute atomic E-state index is 0.132. The molecule has 1 aliphatic rings. The lowest BCUT2D eigenvalue weighted by molar-refractivity contribution is -0.274. The zero-order valence-electron chi connectivity index (χ0n) is 13.3. The molecule has 2 rings (SSSR count).